The fraction of sp³-hybridized carbons (Fsp3) is 0.462. The highest BCUT2D eigenvalue weighted by Crippen LogP contribution is 2.33. The van der Waals surface area contributed by atoms with Crippen LogP contribution >= 0.6 is 11.6 Å². The number of alkyl halides is 1. The smallest absolute Gasteiger partial charge is 0.329 e. The monoisotopic (exact) mass is 301 g/mol. The molecule has 1 aromatic carbocycles. The lowest BCUT2D eigenvalue weighted by Crippen LogP contribution is -2.26. The number of esters is 1. The number of hydrogen-bond donors (Lipinski definition) is 0. The number of ether oxygens (including phenoxy) is 2. The molecular weight excluding hydrogens is 286 g/mol. The van der Waals surface area contributed by atoms with Gasteiger partial charge in [0.05, 0.1) is 12.0 Å². The molecule has 0 heterocycles. The summed E-state index contributed by atoms with van der Waals surface area (Å²) in [4.78, 5) is 22.1. The maximum atomic E-state index is 11.8. The molecule has 0 aliphatic carbocycles. The van der Waals surface area contributed by atoms with E-state index in [2.05, 4.69) is 0 Å². The van der Waals surface area contributed by atoms with Crippen molar-refractivity contribution in [3.63, 3.8) is 0 Å². The van der Waals surface area contributed by atoms with Crippen molar-refractivity contribution >= 4 is 23.3 Å². The highest BCUT2D eigenvalue weighted by molar-refractivity contribution is 6.30. The van der Waals surface area contributed by atoms with E-state index in [4.69, 9.17) is 21.1 Å². The second-order valence-corrected chi connectivity index (χ2v) is 5.52. The summed E-state index contributed by atoms with van der Waals surface area (Å²) >= 11 is 6.02. The summed E-state index contributed by atoms with van der Waals surface area (Å²) in [6.07, 6.45) is 0. The Kier molecular flexibility index (Phi) is 4.94. The summed E-state index contributed by atoms with van der Waals surface area (Å²) < 4.78 is 10.1. The van der Waals surface area contributed by atoms with Crippen molar-refractivity contribution in [1.82, 2.24) is 0 Å². The van der Waals surface area contributed by atoms with E-state index in [9.17, 15) is 14.9 Å². The SMILES string of the molecule is COc1cc(C(Cl)C(=O)OC(C)(C)C)ccc1[N+](=O)[O-]. The number of rotatable bonds is 4. The van der Waals surface area contributed by atoms with Gasteiger partial charge in [-0.2, -0.15) is 0 Å². The highest BCUT2D eigenvalue weighted by atomic mass is 35.5. The lowest BCUT2D eigenvalue weighted by molar-refractivity contribution is -0.385. The van der Waals surface area contributed by atoms with Gasteiger partial charge in [0.15, 0.2) is 11.1 Å². The van der Waals surface area contributed by atoms with Crippen molar-refractivity contribution in [3.05, 3.63) is 33.9 Å². The van der Waals surface area contributed by atoms with Gasteiger partial charge < -0.3 is 9.47 Å². The first kappa shape index (κ1) is 16.2. The second kappa shape index (κ2) is 6.09. The topological polar surface area (TPSA) is 78.7 Å². The van der Waals surface area contributed by atoms with Gasteiger partial charge in [-0.05, 0) is 38.5 Å². The molecular formula is C13H16ClNO5. The molecule has 0 aliphatic rings. The largest absolute Gasteiger partial charge is 0.490 e. The average molecular weight is 302 g/mol. The first-order valence-electron chi connectivity index (χ1n) is 5.85. The number of nitro groups is 1. The van der Waals surface area contributed by atoms with Gasteiger partial charge in [-0.3, -0.25) is 14.9 Å². The molecule has 6 nitrogen and oxygen atoms in total. The number of carbonyl (C=O) groups is 1. The van der Waals surface area contributed by atoms with Crippen LogP contribution in [0.2, 0.25) is 0 Å². The van der Waals surface area contributed by atoms with E-state index in [1.54, 1.807) is 20.8 Å². The molecule has 110 valence electrons. The van der Waals surface area contributed by atoms with Crippen LogP contribution in [0.4, 0.5) is 5.69 Å². The van der Waals surface area contributed by atoms with Crippen LogP contribution in [-0.2, 0) is 9.53 Å². The van der Waals surface area contributed by atoms with Crippen molar-refractivity contribution < 1.29 is 19.2 Å². The summed E-state index contributed by atoms with van der Waals surface area (Å²) in [5, 5.41) is 9.73. The lowest BCUT2D eigenvalue weighted by Gasteiger charge is -2.21. The van der Waals surface area contributed by atoms with Crippen molar-refractivity contribution in [3.8, 4) is 5.75 Å². The van der Waals surface area contributed by atoms with Gasteiger partial charge in [0.1, 0.15) is 5.60 Å². The van der Waals surface area contributed by atoms with Gasteiger partial charge in [-0.25, -0.2) is 0 Å². The summed E-state index contributed by atoms with van der Waals surface area (Å²) in [5.74, 6) is -0.572. The number of hydrogen-bond acceptors (Lipinski definition) is 5. The van der Waals surface area contributed by atoms with E-state index in [1.807, 2.05) is 0 Å². The van der Waals surface area contributed by atoms with Crippen LogP contribution in [0, 0.1) is 10.1 Å². The van der Waals surface area contributed by atoms with Crippen molar-refractivity contribution in [1.29, 1.82) is 0 Å². The van der Waals surface area contributed by atoms with Gasteiger partial charge in [-0.15, -0.1) is 11.6 Å². The number of benzene rings is 1. The molecule has 0 fully saturated rings. The van der Waals surface area contributed by atoms with Crippen molar-refractivity contribution in [2.24, 2.45) is 0 Å². The second-order valence-electron chi connectivity index (χ2n) is 5.08. The Balaban J connectivity index is 3.02. The van der Waals surface area contributed by atoms with Gasteiger partial charge in [0.2, 0.25) is 0 Å². The molecule has 0 aromatic heterocycles. The first-order valence-corrected chi connectivity index (χ1v) is 6.28. The summed E-state index contributed by atoms with van der Waals surface area (Å²) in [6, 6.07) is 4.01. The summed E-state index contributed by atoms with van der Waals surface area (Å²) in [5.41, 5.74) is -0.470. The van der Waals surface area contributed by atoms with Crippen LogP contribution in [0.25, 0.3) is 0 Å². The third kappa shape index (κ3) is 4.09. The highest BCUT2D eigenvalue weighted by Gasteiger charge is 2.26. The number of carbonyl (C=O) groups excluding carboxylic acids is 1. The fourth-order valence-corrected chi connectivity index (χ4v) is 1.67. The molecule has 20 heavy (non-hydrogen) atoms. The van der Waals surface area contributed by atoms with Gasteiger partial charge in [0, 0.05) is 6.07 Å². The molecule has 0 N–H and O–H groups in total. The van der Waals surface area contributed by atoms with Crippen LogP contribution in [0.5, 0.6) is 5.75 Å². The maximum absolute atomic E-state index is 11.8. The molecule has 1 unspecified atom stereocenters. The predicted molar refractivity (Wildman–Crippen MR) is 74.1 cm³/mol. The Morgan fingerprint density at radius 1 is 1.40 bits per heavy atom. The zero-order valence-corrected chi connectivity index (χ0v) is 12.4. The van der Waals surface area contributed by atoms with E-state index in [0.717, 1.165) is 0 Å². The molecule has 0 amide bonds. The Hall–Kier alpha value is -1.82. The Labute approximate surface area is 121 Å². The quantitative estimate of drug-likeness (QED) is 0.369. The lowest BCUT2D eigenvalue weighted by atomic mass is 10.1. The zero-order chi connectivity index (χ0) is 15.5. The molecule has 0 bridgehead atoms. The molecule has 0 saturated heterocycles. The Bertz CT molecular complexity index is 524. The van der Waals surface area contributed by atoms with Gasteiger partial charge in [0.25, 0.3) is 0 Å². The molecule has 1 rings (SSSR count). The minimum atomic E-state index is -1.05. The van der Waals surface area contributed by atoms with E-state index in [1.165, 1.54) is 25.3 Å². The number of halogens is 1. The normalized spacial score (nSPS) is 12.7. The van der Waals surface area contributed by atoms with Gasteiger partial charge >= 0.3 is 11.7 Å². The van der Waals surface area contributed by atoms with Crippen LogP contribution in [0.1, 0.15) is 31.7 Å². The van der Waals surface area contributed by atoms with E-state index < -0.39 is 21.9 Å². The maximum Gasteiger partial charge on any atom is 0.329 e. The standard InChI is InChI=1S/C13H16ClNO5/c1-13(2,3)20-12(16)11(14)8-5-6-9(15(17)18)10(7-8)19-4/h5-7,11H,1-4H3. The third-order valence-electron chi connectivity index (χ3n) is 2.31. The molecule has 0 radical (unpaired) electrons. The zero-order valence-electron chi connectivity index (χ0n) is 11.7. The molecule has 0 spiro atoms. The molecule has 0 aliphatic heterocycles. The van der Waals surface area contributed by atoms with Crippen molar-refractivity contribution in [2.45, 2.75) is 31.7 Å². The molecule has 0 saturated carbocycles. The minimum Gasteiger partial charge on any atom is -0.490 e. The molecule has 1 aromatic rings. The van der Waals surface area contributed by atoms with Gasteiger partial charge in [-0.1, -0.05) is 0 Å². The van der Waals surface area contributed by atoms with Crippen LogP contribution in [-0.4, -0.2) is 23.6 Å². The van der Waals surface area contributed by atoms with E-state index in [0.29, 0.717) is 5.56 Å². The Morgan fingerprint density at radius 3 is 2.45 bits per heavy atom. The van der Waals surface area contributed by atoms with Crippen molar-refractivity contribution in [2.75, 3.05) is 7.11 Å². The van der Waals surface area contributed by atoms with Crippen LogP contribution in [0.15, 0.2) is 18.2 Å². The molecule has 7 heteroatoms. The fourth-order valence-electron chi connectivity index (χ4n) is 1.49. The van der Waals surface area contributed by atoms with E-state index >= 15 is 0 Å². The average Bonchev–Trinajstić information content (AvgIpc) is 2.34. The van der Waals surface area contributed by atoms with E-state index in [-0.39, 0.29) is 11.4 Å². The number of nitrogens with zero attached hydrogens (tertiary/aromatic N) is 1. The van der Waals surface area contributed by atoms with Crippen LogP contribution < -0.4 is 4.74 Å². The molecule has 1 atom stereocenters. The minimum absolute atomic E-state index is 0.0432. The summed E-state index contributed by atoms with van der Waals surface area (Å²) in [7, 11) is 1.31. The first-order chi connectivity index (χ1) is 9.15. The summed E-state index contributed by atoms with van der Waals surface area (Å²) in [6.45, 7) is 5.18. The third-order valence-corrected chi connectivity index (χ3v) is 2.74. The predicted octanol–water partition coefficient (Wildman–Crippen LogP) is 3.23. The van der Waals surface area contributed by atoms with Crippen LogP contribution in [0.3, 0.4) is 0 Å². The Morgan fingerprint density at radius 2 is 2.00 bits per heavy atom. The number of nitro benzene ring substituents is 1. The number of methoxy groups -OCH3 is 1.